The first-order valence-electron chi connectivity index (χ1n) is 5.69. The van der Waals surface area contributed by atoms with Gasteiger partial charge in [-0.1, -0.05) is 26.8 Å². The number of rotatable bonds is 3. The number of carbonyl (C=O) groups excluding carboxylic acids is 1. The van der Waals surface area contributed by atoms with Crippen LogP contribution >= 0.6 is 0 Å². The average molecular weight is 250 g/mol. The number of carbonyl (C=O) groups is 2. The number of nitrogens with one attached hydrogen (secondary N) is 1. The SMILES string of the molecule is Cc1cccc(C(=O)N[C@H](C(=O)O)C(C)(C)C)n1. The van der Waals surface area contributed by atoms with Gasteiger partial charge < -0.3 is 10.4 Å². The highest BCUT2D eigenvalue weighted by Crippen LogP contribution is 2.19. The summed E-state index contributed by atoms with van der Waals surface area (Å²) in [6.45, 7) is 7.05. The van der Waals surface area contributed by atoms with Crippen molar-refractivity contribution < 1.29 is 14.7 Å². The summed E-state index contributed by atoms with van der Waals surface area (Å²) in [5, 5.41) is 11.6. The highest BCUT2D eigenvalue weighted by Gasteiger charge is 2.32. The van der Waals surface area contributed by atoms with Crippen molar-refractivity contribution in [1.82, 2.24) is 10.3 Å². The van der Waals surface area contributed by atoms with Crippen LogP contribution in [0.25, 0.3) is 0 Å². The summed E-state index contributed by atoms with van der Waals surface area (Å²) < 4.78 is 0. The molecule has 0 unspecified atom stereocenters. The van der Waals surface area contributed by atoms with Crippen molar-refractivity contribution in [1.29, 1.82) is 0 Å². The van der Waals surface area contributed by atoms with Gasteiger partial charge in [0, 0.05) is 5.69 Å². The van der Waals surface area contributed by atoms with E-state index in [1.54, 1.807) is 45.9 Å². The van der Waals surface area contributed by atoms with Crippen LogP contribution in [-0.2, 0) is 4.79 Å². The van der Waals surface area contributed by atoms with Gasteiger partial charge in [0.25, 0.3) is 5.91 Å². The molecule has 1 amide bonds. The monoisotopic (exact) mass is 250 g/mol. The Morgan fingerprint density at radius 1 is 1.33 bits per heavy atom. The molecule has 1 atom stereocenters. The van der Waals surface area contributed by atoms with Crippen LogP contribution in [0.4, 0.5) is 0 Å². The van der Waals surface area contributed by atoms with Gasteiger partial charge in [-0.25, -0.2) is 9.78 Å². The van der Waals surface area contributed by atoms with Gasteiger partial charge in [0.15, 0.2) is 0 Å². The van der Waals surface area contributed by atoms with Gasteiger partial charge in [-0.3, -0.25) is 4.79 Å². The molecule has 0 fully saturated rings. The molecule has 0 bridgehead atoms. The Kier molecular flexibility index (Phi) is 4.06. The minimum Gasteiger partial charge on any atom is -0.480 e. The third-order valence-corrected chi connectivity index (χ3v) is 2.51. The Hall–Kier alpha value is -1.91. The first-order chi connectivity index (χ1) is 8.21. The summed E-state index contributed by atoms with van der Waals surface area (Å²) in [6, 6.07) is 4.09. The van der Waals surface area contributed by atoms with Gasteiger partial charge >= 0.3 is 5.97 Å². The second kappa shape index (κ2) is 5.16. The Bertz CT molecular complexity index is 464. The predicted molar refractivity (Wildman–Crippen MR) is 67.3 cm³/mol. The van der Waals surface area contributed by atoms with E-state index in [-0.39, 0.29) is 5.69 Å². The molecule has 0 aliphatic heterocycles. The number of hydrogen-bond donors (Lipinski definition) is 2. The minimum atomic E-state index is -1.05. The number of hydrogen-bond acceptors (Lipinski definition) is 3. The van der Waals surface area contributed by atoms with Crippen molar-refractivity contribution >= 4 is 11.9 Å². The molecule has 0 aromatic carbocycles. The van der Waals surface area contributed by atoms with Gasteiger partial charge in [-0.15, -0.1) is 0 Å². The smallest absolute Gasteiger partial charge is 0.326 e. The molecule has 0 aliphatic carbocycles. The molecular formula is C13H18N2O3. The first-order valence-corrected chi connectivity index (χ1v) is 5.69. The molecule has 1 aromatic rings. The van der Waals surface area contributed by atoms with E-state index in [9.17, 15) is 9.59 Å². The Balaban J connectivity index is 2.89. The molecule has 0 spiro atoms. The molecule has 1 aromatic heterocycles. The zero-order valence-electron chi connectivity index (χ0n) is 11.0. The summed E-state index contributed by atoms with van der Waals surface area (Å²) >= 11 is 0. The molecule has 18 heavy (non-hydrogen) atoms. The van der Waals surface area contributed by atoms with E-state index in [4.69, 9.17) is 5.11 Å². The average Bonchev–Trinajstić information content (AvgIpc) is 2.23. The summed E-state index contributed by atoms with van der Waals surface area (Å²) in [5.41, 5.74) is 0.376. The molecule has 5 heteroatoms. The fourth-order valence-electron chi connectivity index (χ4n) is 1.52. The quantitative estimate of drug-likeness (QED) is 0.854. The number of aryl methyl sites for hydroxylation is 1. The van der Waals surface area contributed by atoms with Crippen molar-refractivity contribution in [2.24, 2.45) is 5.41 Å². The van der Waals surface area contributed by atoms with E-state index in [2.05, 4.69) is 10.3 Å². The van der Waals surface area contributed by atoms with Gasteiger partial charge in [-0.2, -0.15) is 0 Å². The van der Waals surface area contributed by atoms with Gasteiger partial charge in [0.2, 0.25) is 0 Å². The van der Waals surface area contributed by atoms with Gasteiger partial charge in [0.05, 0.1) is 0 Å². The second-order valence-electron chi connectivity index (χ2n) is 5.27. The zero-order chi connectivity index (χ0) is 13.9. The number of carboxylic acid groups (broad SMARTS) is 1. The molecule has 0 saturated carbocycles. The van der Waals surface area contributed by atoms with Crippen LogP contribution in [0, 0.1) is 12.3 Å². The lowest BCUT2D eigenvalue weighted by Gasteiger charge is -2.27. The lowest BCUT2D eigenvalue weighted by molar-refractivity contribution is -0.142. The summed E-state index contributed by atoms with van der Waals surface area (Å²) in [5.74, 6) is -1.52. The van der Waals surface area contributed by atoms with E-state index in [0.29, 0.717) is 5.69 Å². The predicted octanol–water partition coefficient (Wildman–Crippen LogP) is 1.62. The van der Waals surface area contributed by atoms with E-state index >= 15 is 0 Å². The van der Waals surface area contributed by atoms with Crippen molar-refractivity contribution in [2.45, 2.75) is 33.7 Å². The Morgan fingerprint density at radius 2 is 1.94 bits per heavy atom. The molecular weight excluding hydrogens is 232 g/mol. The largest absolute Gasteiger partial charge is 0.480 e. The van der Waals surface area contributed by atoms with Crippen molar-refractivity contribution in [3.05, 3.63) is 29.6 Å². The number of amides is 1. The molecule has 0 aliphatic rings. The van der Waals surface area contributed by atoms with Crippen LogP contribution in [0.1, 0.15) is 37.0 Å². The standard InChI is InChI=1S/C13H18N2O3/c1-8-6-5-7-9(14-8)11(16)15-10(12(17)18)13(2,3)4/h5-7,10H,1-4H3,(H,15,16)(H,17,18)/t10-/m1/s1. The second-order valence-corrected chi connectivity index (χ2v) is 5.27. The number of pyridine rings is 1. The molecule has 0 radical (unpaired) electrons. The summed E-state index contributed by atoms with van der Waals surface area (Å²) in [7, 11) is 0. The number of carboxylic acids is 1. The summed E-state index contributed by atoms with van der Waals surface area (Å²) in [6.07, 6.45) is 0. The molecule has 0 saturated heterocycles. The third-order valence-electron chi connectivity index (χ3n) is 2.51. The third kappa shape index (κ3) is 3.55. The fraction of sp³-hybridized carbons (Fsp3) is 0.462. The van der Waals surface area contributed by atoms with Crippen LogP contribution in [0.3, 0.4) is 0 Å². The number of aromatic nitrogens is 1. The Labute approximate surface area is 106 Å². The molecule has 1 rings (SSSR count). The highest BCUT2D eigenvalue weighted by molar-refractivity contribution is 5.95. The van der Waals surface area contributed by atoms with Crippen molar-refractivity contribution in [3.8, 4) is 0 Å². The van der Waals surface area contributed by atoms with Crippen molar-refractivity contribution in [2.75, 3.05) is 0 Å². The first kappa shape index (κ1) is 14.2. The van der Waals surface area contributed by atoms with E-state index in [0.717, 1.165) is 0 Å². The maximum absolute atomic E-state index is 11.9. The van der Waals surface area contributed by atoms with E-state index < -0.39 is 23.3 Å². The number of nitrogens with zero attached hydrogens (tertiary/aromatic N) is 1. The van der Waals surface area contributed by atoms with Crippen LogP contribution < -0.4 is 5.32 Å². The highest BCUT2D eigenvalue weighted by atomic mass is 16.4. The van der Waals surface area contributed by atoms with Crippen molar-refractivity contribution in [3.63, 3.8) is 0 Å². The van der Waals surface area contributed by atoms with Gasteiger partial charge in [0.1, 0.15) is 11.7 Å². The maximum atomic E-state index is 11.9. The number of aliphatic carboxylic acids is 1. The molecule has 98 valence electrons. The van der Waals surface area contributed by atoms with Crippen LogP contribution in [0.15, 0.2) is 18.2 Å². The Morgan fingerprint density at radius 3 is 2.39 bits per heavy atom. The van der Waals surface area contributed by atoms with Crippen LogP contribution in [-0.4, -0.2) is 28.0 Å². The lowest BCUT2D eigenvalue weighted by Crippen LogP contribution is -2.49. The zero-order valence-corrected chi connectivity index (χ0v) is 11.0. The normalized spacial score (nSPS) is 12.9. The van der Waals surface area contributed by atoms with E-state index in [1.165, 1.54) is 0 Å². The van der Waals surface area contributed by atoms with Gasteiger partial charge in [-0.05, 0) is 24.5 Å². The van der Waals surface area contributed by atoms with Crippen LogP contribution in [0.5, 0.6) is 0 Å². The lowest BCUT2D eigenvalue weighted by atomic mass is 9.86. The summed E-state index contributed by atoms with van der Waals surface area (Å²) in [4.78, 5) is 27.1. The van der Waals surface area contributed by atoms with E-state index in [1.807, 2.05) is 0 Å². The van der Waals surface area contributed by atoms with Crippen LogP contribution in [0.2, 0.25) is 0 Å². The molecule has 5 nitrogen and oxygen atoms in total. The topological polar surface area (TPSA) is 79.3 Å². The molecule has 1 heterocycles. The fourth-order valence-corrected chi connectivity index (χ4v) is 1.52. The molecule has 2 N–H and O–H groups in total. The minimum absolute atomic E-state index is 0.227. The maximum Gasteiger partial charge on any atom is 0.326 e.